The smallest absolute Gasteiger partial charge is 0.306 e. The normalized spacial score (nSPS) is 20.6. The van der Waals surface area contributed by atoms with E-state index in [1.807, 2.05) is 0 Å². The molecule has 174 valence electrons. The fraction of sp³-hybridized carbons (Fsp3) is 0.391. The third-order valence-electron chi connectivity index (χ3n) is 6.36. The molecule has 1 aliphatic heterocycles. The molecule has 2 aliphatic rings. The molecule has 1 aromatic heterocycles. The number of esters is 1. The molecule has 2 heterocycles. The fourth-order valence-corrected chi connectivity index (χ4v) is 6.50. The van der Waals surface area contributed by atoms with Crippen molar-refractivity contribution in [2.24, 2.45) is 0 Å². The second kappa shape index (κ2) is 8.26. The summed E-state index contributed by atoms with van der Waals surface area (Å²) in [4.78, 5) is 38.3. The number of hydrogen-bond donors (Lipinski definition) is 1. The van der Waals surface area contributed by atoms with Crippen LogP contribution in [0.15, 0.2) is 29.8 Å². The average molecular weight is 473 g/mol. The Morgan fingerprint density at radius 2 is 1.88 bits per heavy atom. The minimum absolute atomic E-state index is 0.0468. The quantitative estimate of drug-likeness (QED) is 0.517. The number of aromatic nitrogens is 2. The van der Waals surface area contributed by atoms with Gasteiger partial charge in [-0.25, -0.2) is 8.42 Å². The van der Waals surface area contributed by atoms with E-state index in [4.69, 9.17) is 4.74 Å². The lowest BCUT2D eigenvalue weighted by molar-refractivity contribution is -0.140. The highest BCUT2D eigenvalue weighted by Crippen LogP contribution is 2.41. The van der Waals surface area contributed by atoms with Crippen LogP contribution in [0.1, 0.15) is 57.7 Å². The van der Waals surface area contributed by atoms with Crippen molar-refractivity contribution in [2.75, 3.05) is 18.6 Å². The van der Waals surface area contributed by atoms with Gasteiger partial charge in [-0.05, 0) is 20.3 Å². The largest absolute Gasteiger partial charge is 0.507 e. The van der Waals surface area contributed by atoms with Crippen molar-refractivity contribution < 1.29 is 32.6 Å². The van der Waals surface area contributed by atoms with Crippen LogP contribution in [0.2, 0.25) is 0 Å². The van der Waals surface area contributed by atoms with Crippen LogP contribution in [0.4, 0.5) is 0 Å². The van der Waals surface area contributed by atoms with Gasteiger partial charge in [-0.3, -0.25) is 19.1 Å². The first-order chi connectivity index (χ1) is 15.6. The lowest BCUT2D eigenvalue weighted by Crippen LogP contribution is -2.29. The zero-order valence-corrected chi connectivity index (χ0v) is 19.3. The van der Waals surface area contributed by atoms with Gasteiger partial charge in [0.05, 0.1) is 42.3 Å². The maximum Gasteiger partial charge on any atom is 0.306 e. The summed E-state index contributed by atoms with van der Waals surface area (Å²) < 4.78 is 30.4. The minimum atomic E-state index is -3.17. The molecule has 1 aliphatic carbocycles. The summed E-state index contributed by atoms with van der Waals surface area (Å²) in [6.07, 6.45) is 0.109. The summed E-state index contributed by atoms with van der Waals surface area (Å²) in [5, 5.41) is 15.6. The molecule has 4 rings (SSSR count). The number of fused-ring (bicyclic) bond motifs is 1. The van der Waals surface area contributed by atoms with Crippen LogP contribution in [0.25, 0.3) is 5.76 Å². The third-order valence-corrected chi connectivity index (χ3v) is 8.11. The monoisotopic (exact) mass is 472 g/mol. The second-order valence-electron chi connectivity index (χ2n) is 8.38. The first kappa shape index (κ1) is 22.9. The number of aryl methyl sites for hydroxylation is 1. The number of carbonyl (C=O) groups is 3. The number of allylic oxidation sites excluding steroid dienone is 1. The van der Waals surface area contributed by atoms with Gasteiger partial charge in [0.2, 0.25) is 11.6 Å². The number of hydrogen-bond acceptors (Lipinski definition) is 8. The lowest BCUT2D eigenvalue weighted by Gasteiger charge is -2.25. The highest BCUT2D eigenvalue weighted by Gasteiger charge is 2.41. The summed E-state index contributed by atoms with van der Waals surface area (Å²) in [6, 6.07) is 5.87. The van der Waals surface area contributed by atoms with E-state index in [9.17, 15) is 27.9 Å². The molecule has 2 atom stereocenters. The molecule has 1 saturated heterocycles. The summed E-state index contributed by atoms with van der Waals surface area (Å²) in [7, 11) is -1.96. The number of ketones is 2. The molecule has 0 amide bonds. The van der Waals surface area contributed by atoms with E-state index in [-0.39, 0.29) is 46.4 Å². The molecule has 1 N–H and O–H groups in total. The van der Waals surface area contributed by atoms with Crippen LogP contribution in [0.5, 0.6) is 0 Å². The minimum Gasteiger partial charge on any atom is -0.507 e. The van der Waals surface area contributed by atoms with E-state index in [0.717, 1.165) is 0 Å². The molecular formula is C23H24N2O7S. The zero-order valence-electron chi connectivity index (χ0n) is 18.5. The van der Waals surface area contributed by atoms with Crippen LogP contribution >= 0.6 is 0 Å². The molecule has 9 nitrogen and oxygen atoms in total. The number of rotatable bonds is 5. The van der Waals surface area contributed by atoms with Gasteiger partial charge in [0.1, 0.15) is 5.76 Å². The molecule has 0 bridgehead atoms. The van der Waals surface area contributed by atoms with E-state index in [1.165, 1.54) is 19.2 Å². The zero-order chi connectivity index (χ0) is 24.1. The topological polar surface area (TPSA) is 133 Å². The van der Waals surface area contributed by atoms with Crippen molar-refractivity contribution in [3.05, 3.63) is 57.9 Å². The maximum absolute atomic E-state index is 13.1. The summed E-state index contributed by atoms with van der Waals surface area (Å²) >= 11 is 0. The average Bonchev–Trinajstić information content (AvgIpc) is 3.29. The van der Waals surface area contributed by atoms with Crippen molar-refractivity contribution in [1.82, 2.24) is 9.78 Å². The molecule has 0 unspecified atom stereocenters. The van der Waals surface area contributed by atoms with E-state index in [1.54, 1.807) is 30.7 Å². The number of ether oxygens (including phenoxy) is 1. The van der Waals surface area contributed by atoms with Gasteiger partial charge in [-0.15, -0.1) is 0 Å². The van der Waals surface area contributed by atoms with Gasteiger partial charge in [-0.2, -0.15) is 5.10 Å². The molecule has 10 heteroatoms. The second-order valence-corrected chi connectivity index (χ2v) is 10.6. The first-order valence-corrected chi connectivity index (χ1v) is 12.3. The SMILES string of the molecule is COC(=O)C[C@@H](C1=C(O)c2ccccc2C(=O)C1=O)c1c(C)nn([C@@H]2CCS(=O)(=O)C2)c1C. The Balaban J connectivity index is 1.89. The number of benzene rings is 1. The molecule has 0 spiro atoms. The van der Waals surface area contributed by atoms with Crippen LogP contribution < -0.4 is 0 Å². The number of sulfone groups is 1. The predicted octanol–water partition coefficient (Wildman–Crippen LogP) is 2.24. The van der Waals surface area contributed by atoms with E-state index in [0.29, 0.717) is 23.4 Å². The molecule has 33 heavy (non-hydrogen) atoms. The highest BCUT2D eigenvalue weighted by molar-refractivity contribution is 7.91. The van der Waals surface area contributed by atoms with Crippen LogP contribution in [-0.2, 0) is 24.2 Å². The van der Waals surface area contributed by atoms with Crippen LogP contribution in [-0.4, -0.2) is 59.5 Å². The molecule has 0 saturated carbocycles. The Labute approximate surface area is 191 Å². The molecule has 1 aromatic carbocycles. The summed E-state index contributed by atoms with van der Waals surface area (Å²) in [6.45, 7) is 3.42. The van der Waals surface area contributed by atoms with Gasteiger partial charge in [0.15, 0.2) is 9.84 Å². The van der Waals surface area contributed by atoms with Gasteiger partial charge >= 0.3 is 5.97 Å². The van der Waals surface area contributed by atoms with Crippen molar-refractivity contribution in [2.45, 2.75) is 38.6 Å². The molecule has 2 aromatic rings. The van der Waals surface area contributed by atoms with E-state index in [2.05, 4.69) is 5.10 Å². The van der Waals surface area contributed by atoms with Crippen LogP contribution in [0.3, 0.4) is 0 Å². The van der Waals surface area contributed by atoms with Gasteiger partial charge in [-0.1, -0.05) is 24.3 Å². The van der Waals surface area contributed by atoms with Gasteiger partial charge < -0.3 is 9.84 Å². The standard InChI is InChI=1S/C23H24N2O7S/c1-12-19(13(2)25(24-12)14-8-9-33(30,31)11-14)17(10-18(26)32-3)20-21(27)15-6-4-5-7-16(15)22(28)23(20)29/h4-7,14,17,27H,8-11H2,1-3H3/t14-,17-/m1/s1. The molecule has 1 fully saturated rings. The number of aliphatic hydroxyl groups excluding tert-OH is 1. The van der Waals surface area contributed by atoms with E-state index >= 15 is 0 Å². The Kier molecular flexibility index (Phi) is 5.73. The summed E-state index contributed by atoms with van der Waals surface area (Å²) in [5.74, 6) is -3.63. The van der Waals surface area contributed by atoms with Gasteiger partial charge in [0.25, 0.3) is 0 Å². The van der Waals surface area contributed by atoms with Crippen molar-refractivity contribution >= 4 is 33.1 Å². The number of carbonyl (C=O) groups excluding carboxylic acids is 3. The maximum atomic E-state index is 13.1. The highest BCUT2D eigenvalue weighted by atomic mass is 32.2. The van der Waals surface area contributed by atoms with Crippen LogP contribution in [0, 0.1) is 13.8 Å². The fourth-order valence-electron chi connectivity index (χ4n) is 4.81. The van der Waals surface area contributed by atoms with E-state index < -0.39 is 33.3 Å². The Bertz CT molecular complexity index is 1320. The number of Topliss-reactive ketones (excluding diaryl/α,β-unsaturated/α-hetero) is 2. The predicted molar refractivity (Wildman–Crippen MR) is 119 cm³/mol. The Hall–Kier alpha value is -3.27. The van der Waals surface area contributed by atoms with Crippen molar-refractivity contribution in [1.29, 1.82) is 0 Å². The molecule has 0 radical (unpaired) electrons. The van der Waals surface area contributed by atoms with Crippen molar-refractivity contribution in [3.63, 3.8) is 0 Å². The third kappa shape index (κ3) is 3.88. The van der Waals surface area contributed by atoms with Gasteiger partial charge in [0, 0.05) is 28.3 Å². The lowest BCUT2D eigenvalue weighted by atomic mass is 9.77. The molecular weight excluding hydrogens is 448 g/mol. The Morgan fingerprint density at radius 1 is 1.21 bits per heavy atom. The number of nitrogens with zero attached hydrogens (tertiary/aromatic N) is 2. The Morgan fingerprint density at radius 3 is 2.48 bits per heavy atom. The first-order valence-electron chi connectivity index (χ1n) is 10.5. The number of aliphatic hydroxyl groups is 1. The van der Waals surface area contributed by atoms with Crippen molar-refractivity contribution in [3.8, 4) is 0 Å². The number of methoxy groups -OCH3 is 1. The summed E-state index contributed by atoms with van der Waals surface area (Å²) in [5.41, 5.74) is 1.67.